The van der Waals surface area contributed by atoms with Crippen molar-refractivity contribution in [3.63, 3.8) is 0 Å². The standard InChI is InChI=1S/C23H25NO6/c1-27-20-13-17(14-21(15-20)28-2)3-8-22(25)18-4-6-19(7-5-18)30-16-23(26)24-9-11-29-12-10-24/h3-8,13-15H,9-12,16H2,1-2H3/b8-3+. The lowest BCUT2D eigenvalue weighted by Gasteiger charge is -2.26. The highest BCUT2D eigenvalue weighted by atomic mass is 16.5. The van der Waals surface area contributed by atoms with Crippen LogP contribution in [0, 0.1) is 0 Å². The summed E-state index contributed by atoms with van der Waals surface area (Å²) in [6, 6.07) is 12.1. The van der Waals surface area contributed by atoms with E-state index in [1.54, 1.807) is 55.5 Å². The molecule has 158 valence electrons. The van der Waals surface area contributed by atoms with Crippen molar-refractivity contribution in [2.45, 2.75) is 0 Å². The predicted molar refractivity (Wildman–Crippen MR) is 112 cm³/mol. The van der Waals surface area contributed by atoms with Crippen LogP contribution < -0.4 is 14.2 Å². The molecule has 0 N–H and O–H groups in total. The number of morpholine rings is 1. The molecule has 2 aromatic rings. The number of hydrogen-bond acceptors (Lipinski definition) is 6. The molecule has 0 bridgehead atoms. The summed E-state index contributed by atoms with van der Waals surface area (Å²) in [4.78, 5) is 26.3. The van der Waals surface area contributed by atoms with Crippen molar-refractivity contribution >= 4 is 17.8 Å². The van der Waals surface area contributed by atoms with Gasteiger partial charge in [-0.25, -0.2) is 0 Å². The van der Waals surface area contributed by atoms with E-state index in [0.717, 1.165) is 5.56 Å². The first-order valence-electron chi connectivity index (χ1n) is 9.63. The van der Waals surface area contributed by atoms with E-state index in [-0.39, 0.29) is 18.3 Å². The third kappa shape index (κ3) is 5.84. The van der Waals surface area contributed by atoms with E-state index in [1.165, 1.54) is 6.08 Å². The number of benzene rings is 2. The maximum absolute atomic E-state index is 12.4. The lowest BCUT2D eigenvalue weighted by atomic mass is 10.1. The molecule has 7 heteroatoms. The first-order chi connectivity index (χ1) is 14.6. The summed E-state index contributed by atoms with van der Waals surface area (Å²) in [6.45, 7) is 2.24. The van der Waals surface area contributed by atoms with E-state index < -0.39 is 0 Å². The van der Waals surface area contributed by atoms with Gasteiger partial charge in [0.05, 0.1) is 27.4 Å². The van der Waals surface area contributed by atoms with Crippen LogP contribution in [0.5, 0.6) is 17.2 Å². The van der Waals surface area contributed by atoms with Gasteiger partial charge in [0.15, 0.2) is 12.4 Å². The van der Waals surface area contributed by atoms with Crippen LogP contribution in [0.25, 0.3) is 6.08 Å². The summed E-state index contributed by atoms with van der Waals surface area (Å²) in [6.07, 6.45) is 3.20. The van der Waals surface area contributed by atoms with Gasteiger partial charge in [-0.15, -0.1) is 0 Å². The fraction of sp³-hybridized carbons (Fsp3) is 0.304. The fourth-order valence-corrected chi connectivity index (χ4v) is 2.96. The van der Waals surface area contributed by atoms with Crippen molar-refractivity contribution < 1.29 is 28.5 Å². The van der Waals surface area contributed by atoms with Crippen LogP contribution in [-0.4, -0.2) is 63.7 Å². The molecule has 0 saturated carbocycles. The van der Waals surface area contributed by atoms with Gasteiger partial charge >= 0.3 is 0 Å². The molecule has 1 saturated heterocycles. The van der Waals surface area contributed by atoms with Gasteiger partial charge in [-0.2, -0.15) is 0 Å². The van der Waals surface area contributed by atoms with E-state index in [0.29, 0.717) is 49.1 Å². The van der Waals surface area contributed by atoms with Crippen LogP contribution in [-0.2, 0) is 9.53 Å². The predicted octanol–water partition coefficient (Wildman–Crippen LogP) is 2.84. The van der Waals surface area contributed by atoms with Gasteiger partial charge < -0.3 is 23.8 Å². The van der Waals surface area contributed by atoms with Gasteiger partial charge in [-0.05, 0) is 48.0 Å². The molecule has 0 atom stereocenters. The second-order valence-electron chi connectivity index (χ2n) is 6.65. The molecular weight excluding hydrogens is 386 g/mol. The normalized spacial score (nSPS) is 13.9. The monoisotopic (exact) mass is 411 g/mol. The molecule has 0 unspecified atom stereocenters. The minimum Gasteiger partial charge on any atom is -0.497 e. The highest BCUT2D eigenvalue weighted by molar-refractivity contribution is 6.06. The van der Waals surface area contributed by atoms with Gasteiger partial charge in [0.2, 0.25) is 0 Å². The molecule has 0 radical (unpaired) electrons. The summed E-state index contributed by atoms with van der Waals surface area (Å²) in [5.74, 6) is 1.61. The van der Waals surface area contributed by atoms with Crippen LogP contribution in [0.2, 0.25) is 0 Å². The molecule has 7 nitrogen and oxygen atoms in total. The molecule has 30 heavy (non-hydrogen) atoms. The average Bonchev–Trinajstić information content (AvgIpc) is 2.81. The van der Waals surface area contributed by atoms with E-state index in [1.807, 2.05) is 12.1 Å². The lowest BCUT2D eigenvalue weighted by Crippen LogP contribution is -2.42. The minimum absolute atomic E-state index is 0.0368. The van der Waals surface area contributed by atoms with Crippen molar-refractivity contribution in [2.75, 3.05) is 47.1 Å². The second-order valence-corrected chi connectivity index (χ2v) is 6.65. The Morgan fingerprint density at radius 3 is 2.20 bits per heavy atom. The van der Waals surface area contributed by atoms with Gasteiger partial charge in [0, 0.05) is 24.7 Å². The molecule has 1 aliphatic heterocycles. The molecule has 0 aromatic heterocycles. The zero-order chi connectivity index (χ0) is 21.3. The molecule has 1 amide bonds. The molecule has 1 heterocycles. The van der Waals surface area contributed by atoms with Crippen LogP contribution in [0.4, 0.5) is 0 Å². The summed E-state index contributed by atoms with van der Waals surface area (Å²) in [7, 11) is 3.15. The van der Waals surface area contributed by atoms with E-state index in [9.17, 15) is 9.59 Å². The Bertz CT molecular complexity index is 878. The Balaban J connectivity index is 1.57. The third-order valence-electron chi connectivity index (χ3n) is 4.67. The molecule has 0 aliphatic carbocycles. The zero-order valence-corrected chi connectivity index (χ0v) is 17.1. The van der Waals surface area contributed by atoms with Gasteiger partial charge in [-0.3, -0.25) is 9.59 Å². The number of allylic oxidation sites excluding steroid dienone is 1. The second kappa shape index (κ2) is 10.5. The van der Waals surface area contributed by atoms with Gasteiger partial charge in [0.1, 0.15) is 17.2 Å². The van der Waals surface area contributed by atoms with E-state index in [4.69, 9.17) is 18.9 Å². The number of ketones is 1. The van der Waals surface area contributed by atoms with Gasteiger partial charge in [-0.1, -0.05) is 6.08 Å². The number of methoxy groups -OCH3 is 2. The van der Waals surface area contributed by atoms with E-state index in [2.05, 4.69) is 0 Å². The summed E-state index contributed by atoms with van der Waals surface area (Å²) < 4.78 is 21.3. The van der Waals surface area contributed by atoms with Crippen molar-refractivity contribution in [3.8, 4) is 17.2 Å². The minimum atomic E-state index is -0.146. The molecule has 3 rings (SSSR count). The number of amides is 1. The Morgan fingerprint density at radius 2 is 1.60 bits per heavy atom. The maximum Gasteiger partial charge on any atom is 0.260 e. The Hall–Kier alpha value is -3.32. The number of ether oxygens (including phenoxy) is 4. The number of carbonyl (C=O) groups is 2. The highest BCUT2D eigenvalue weighted by Crippen LogP contribution is 2.23. The van der Waals surface area contributed by atoms with Crippen molar-refractivity contribution in [3.05, 3.63) is 59.7 Å². The zero-order valence-electron chi connectivity index (χ0n) is 17.1. The smallest absolute Gasteiger partial charge is 0.260 e. The number of rotatable bonds is 8. The molecule has 1 fully saturated rings. The number of carbonyl (C=O) groups excluding carboxylic acids is 2. The van der Waals surface area contributed by atoms with Crippen LogP contribution in [0.15, 0.2) is 48.5 Å². The van der Waals surface area contributed by atoms with Crippen molar-refractivity contribution in [1.29, 1.82) is 0 Å². The average molecular weight is 411 g/mol. The Morgan fingerprint density at radius 1 is 0.967 bits per heavy atom. The maximum atomic E-state index is 12.4. The van der Waals surface area contributed by atoms with E-state index >= 15 is 0 Å². The largest absolute Gasteiger partial charge is 0.497 e. The number of nitrogens with zero attached hydrogens (tertiary/aromatic N) is 1. The SMILES string of the molecule is COc1cc(/C=C/C(=O)c2ccc(OCC(=O)N3CCOCC3)cc2)cc(OC)c1. The first kappa shape index (κ1) is 21.4. The number of hydrogen-bond donors (Lipinski definition) is 0. The molecular formula is C23H25NO6. The van der Waals surface area contributed by atoms with Crippen LogP contribution >= 0.6 is 0 Å². The third-order valence-corrected chi connectivity index (χ3v) is 4.67. The Labute approximate surface area is 175 Å². The fourth-order valence-electron chi connectivity index (χ4n) is 2.96. The first-order valence-corrected chi connectivity index (χ1v) is 9.63. The molecule has 0 spiro atoms. The molecule has 2 aromatic carbocycles. The van der Waals surface area contributed by atoms with Crippen LogP contribution in [0.1, 0.15) is 15.9 Å². The Kier molecular flexibility index (Phi) is 7.45. The van der Waals surface area contributed by atoms with Crippen molar-refractivity contribution in [1.82, 2.24) is 4.90 Å². The van der Waals surface area contributed by atoms with Gasteiger partial charge in [0.25, 0.3) is 5.91 Å². The summed E-state index contributed by atoms with van der Waals surface area (Å²) in [5.41, 5.74) is 1.31. The topological polar surface area (TPSA) is 74.3 Å². The summed E-state index contributed by atoms with van der Waals surface area (Å²) >= 11 is 0. The van der Waals surface area contributed by atoms with Crippen molar-refractivity contribution in [2.24, 2.45) is 0 Å². The highest BCUT2D eigenvalue weighted by Gasteiger charge is 2.17. The lowest BCUT2D eigenvalue weighted by molar-refractivity contribution is -0.137. The summed E-state index contributed by atoms with van der Waals surface area (Å²) in [5, 5.41) is 0. The quantitative estimate of drug-likeness (QED) is 0.491. The van der Waals surface area contributed by atoms with Crippen LogP contribution in [0.3, 0.4) is 0 Å². The molecule has 1 aliphatic rings.